The highest BCUT2D eigenvalue weighted by Crippen LogP contribution is 2.21. The predicted molar refractivity (Wildman–Crippen MR) is 88.4 cm³/mol. The van der Waals surface area contributed by atoms with Crippen molar-refractivity contribution in [2.75, 3.05) is 18.5 Å². The van der Waals surface area contributed by atoms with E-state index in [0.29, 0.717) is 6.04 Å². The Kier molecular flexibility index (Phi) is 6.67. The average Bonchev–Trinajstić information content (AvgIpc) is 2.49. The molecule has 0 bridgehead atoms. The Balaban J connectivity index is 1.66. The van der Waals surface area contributed by atoms with E-state index in [0.717, 1.165) is 42.4 Å². The monoisotopic (exact) mass is 354 g/mol. The quantitative estimate of drug-likeness (QED) is 0.823. The summed E-state index contributed by atoms with van der Waals surface area (Å²) in [4.78, 5) is 11.8. The molecular weight excluding hydrogens is 332 g/mol. The molecule has 0 heterocycles. The molecule has 0 aliphatic heterocycles. The van der Waals surface area contributed by atoms with Crippen LogP contribution in [0.3, 0.4) is 0 Å². The normalized spacial score (nSPS) is 22.0. The maximum Gasteiger partial charge on any atom is 0.250 e. The number of nitrogens with one attached hydrogen (secondary N) is 2. The number of ether oxygens (including phenoxy) is 1. The van der Waals surface area contributed by atoms with Crippen molar-refractivity contribution in [2.24, 2.45) is 0 Å². The minimum Gasteiger partial charge on any atom is -0.368 e. The lowest BCUT2D eigenvalue weighted by Crippen LogP contribution is -2.36. The number of carbonyl (C=O) groups is 1. The molecule has 4 nitrogen and oxygen atoms in total. The summed E-state index contributed by atoms with van der Waals surface area (Å²) in [5, 5.41) is 6.31. The van der Waals surface area contributed by atoms with Gasteiger partial charge in [-0.15, -0.1) is 0 Å². The Morgan fingerprint density at radius 2 is 1.90 bits per heavy atom. The van der Waals surface area contributed by atoms with Crippen LogP contribution < -0.4 is 10.6 Å². The summed E-state index contributed by atoms with van der Waals surface area (Å²) in [6.07, 6.45) is 4.54. The summed E-state index contributed by atoms with van der Waals surface area (Å²) < 4.78 is 6.71. The molecule has 0 radical (unpaired) electrons. The number of benzene rings is 1. The smallest absolute Gasteiger partial charge is 0.250 e. The molecule has 5 heteroatoms. The van der Waals surface area contributed by atoms with E-state index in [2.05, 4.69) is 33.5 Å². The van der Waals surface area contributed by atoms with Crippen LogP contribution in [0.5, 0.6) is 0 Å². The van der Waals surface area contributed by atoms with Crippen molar-refractivity contribution in [2.45, 2.75) is 44.8 Å². The van der Waals surface area contributed by atoms with Crippen LogP contribution in [0.4, 0.5) is 5.69 Å². The summed E-state index contributed by atoms with van der Waals surface area (Å²) in [6.45, 7) is 3.29. The van der Waals surface area contributed by atoms with Gasteiger partial charge in [0.15, 0.2) is 0 Å². The van der Waals surface area contributed by atoms with E-state index < -0.39 is 0 Å². The Labute approximate surface area is 134 Å². The molecule has 1 aliphatic carbocycles. The topological polar surface area (TPSA) is 50.4 Å². The zero-order valence-corrected chi connectivity index (χ0v) is 14.0. The third-order valence-corrected chi connectivity index (χ3v) is 4.27. The highest BCUT2D eigenvalue weighted by Gasteiger charge is 2.21. The molecule has 1 amide bonds. The minimum absolute atomic E-state index is 0.0915. The van der Waals surface area contributed by atoms with Crippen molar-refractivity contribution in [1.29, 1.82) is 0 Å². The maximum atomic E-state index is 11.8. The van der Waals surface area contributed by atoms with Gasteiger partial charge in [-0.05, 0) is 56.5 Å². The molecule has 1 saturated carbocycles. The molecule has 21 heavy (non-hydrogen) atoms. The summed E-state index contributed by atoms with van der Waals surface area (Å²) in [7, 11) is 0. The van der Waals surface area contributed by atoms with E-state index in [-0.39, 0.29) is 18.6 Å². The fraction of sp³-hybridized carbons (Fsp3) is 0.562. The highest BCUT2D eigenvalue weighted by molar-refractivity contribution is 9.10. The van der Waals surface area contributed by atoms with Crippen LogP contribution in [-0.2, 0) is 9.53 Å². The van der Waals surface area contributed by atoms with Crippen molar-refractivity contribution in [3.63, 3.8) is 0 Å². The van der Waals surface area contributed by atoms with Gasteiger partial charge in [-0.3, -0.25) is 4.79 Å². The zero-order valence-electron chi connectivity index (χ0n) is 12.4. The summed E-state index contributed by atoms with van der Waals surface area (Å²) in [5.74, 6) is -0.0915. The molecular formula is C16H23BrN2O2. The van der Waals surface area contributed by atoms with Crippen LogP contribution in [0, 0.1) is 0 Å². The third kappa shape index (κ3) is 5.77. The van der Waals surface area contributed by atoms with E-state index >= 15 is 0 Å². The molecule has 1 aromatic carbocycles. The Morgan fingerprint density at radius 3 is 2.52 bits per heavy atom. The molecule has 0 saturated heterocycles. The predicted octanol–water partition coefficient (Wildman–Crippen LogP) is 3.32. The van der Waals surface area contributed by atoms with Crippen molar-refractivity contribution >= 4 is 27.5 Å². The van der Waals surface area contributed by atoms with E-state index in [9.17, 15) is 4.79 Å². The van der Waals surface area contributed by atoms with Gasteiger partial charge < -0.3 is 15.4 Å². The van der Waals surface area contributed by atoms with Crippen LogP contribution in [0.2, 0.25) is 0 Å². The van der Waals surface area contributed by atoms with Gasteiger partial charge in [-0.2, -0.15) is 0 Å². The van der Waals surface area contributed by atoms with E-state index in [4.69, 9.17) is 4.74 Å². The van der Waals surface area contributed by atoms with Gasteiger partial charge in [-0.1, -0.05) is 22.9 Å². The van der Waals surface area contributed by atoms with Crippen LogP contribution in [0.1, 0.15) is 32.6 Å². The second kappa shape index (κ2) is 8.51. The minimum atomic E-state index is -0.0915. The summed E-state index contributed by atoms with van der Waals surface area (Å²) in [6, 6.07) is 8.15. The highest BCUT2D eigenvalue weighted by atomic mass is 79.9. The van der Waals surface area contributed by atoms with Gasteiger partial charge in [-0.25, -0.2) is 0 Å². The van der Waals surface area contributed by atoms with Crippen LogP contribution >= 0.6 is 15.9 Å². The Hall–Kier alpha value is -0.910. The summed E-state index contributed by atoms with van der Waals surface area (Å²) in [5.41, 5.74) is 0.794. The lowest BCUT2D eigenvalue weighted by molar-refractivity contribution is -0.123. The van der Waals surface area contributed by atoms with Crippen molar-refractivity contribution in [1.82, 2.24) is 5.32 Å². The lowest BCUT2D eigenvalue weighted by atomic mass is 9.93. The fourth-order valence-electron chi connectivity index (χ4n) is 2.65. The number of hydrogen-bond donors (Lipinski definition) is 2. The first-order chi connectivity index (χ1) is 10.2. The summed E-state index contributed by atoms with van der Waals surface area (Å²) >= 11 is 3.37. The largest absolute Gasteiger partial charge is 0.368 e. The molecule has 1 fully saturated rings. The lowest BCUT2D eigenvalue weighted by Gasteiger charge is -2.28. The molecule has 2 rings (SSSR count). The fourth-order valence-corrected chi connectivity index (χ4v) is 2.91. The molecule has 1 aromatic rings. The van der Waals surface area contributed by atoms with E-state index in [1.807, 2.05) is 24.3 Å². The average molecular weight is 355 g/mol. The molecule has 0 atom stereocenters. The number of halogens is 1. The number of carbonyl (C=O) groups excluding carboxylic acids is 1. The van der Waals surface area contributed by atoms with E-state index in [1.54, 1.807) is 0 Å². The number of hydrogen-bond acceptors (Lipinski definition) is 3. The number of anilines is 1. The van der Waals surface area contributed by atoms with E-state index in [1.165, 1.54) is 0 Å². The molecule has 2 N–H and O–H groups in total. The van der Waals surface area contributed by atoms with Gasteiger partial charge in [0.2, 0.25) is 5.91 Å². The Morgan fingerprint density at radius 1 is 1.24 bits per heavy atom. The third-order valence-electron chi connectivity index (χ3n) is 3.75. The van der Waals surface area contributed by atoms with Crippen molar-refractivity contribution in [3.8, 4) is 0 Å². The van der Waals surface area contributed by atoms with Crippen molar-refractivity contribution in [3.05, 3.63) is 28.7 Å². The first-order valence-corrected chi connectivity index (χ1v) is 8.37. The zero-order chi connectivity index (χ0) is 15.1. The molecule has 0 spiro atoms. The van der Waals surface area contributed by atoms with Crippen LogP contribution in [0.25, 0.3) is 0 Å². The molecule has 0 aromatic heterocycles. The van der Waals surface area contributed by atoms with Gasteiger partial charge in [0.25, 0.3) is 0 Å². The first kappa shape index (κ1) is 16.5. The number of amides is 1. The van der Waals surface area contributed by atoms with Gasteiger partial charge in [0.05, 0.1) is 6.10 Å². The van der Waals surface area contributed by atoms with Gasteiger partial charge in [0.1, 0.15) is 6.61 Å². The Bertz CT molecular complexity index is 442. The molecule has 0 unspecified atom stereocenters. The van der Waals surface area contributed by atoms with Gasteiger partial charge in [0, 0.05) is 16.2 Å². The standard InChI is InChI=1S/C16H23BrN2O2/c1-2-18-13-7-9-15(10-8-13)21-11-16(20)19-14-5-3-12(17)4-6-14/h3-6,13,15,18H,2,7-11H2,1H3,(H,19,20). The SMILES string of the molecule is CCNC1CCC(OCC(=O)Nc2ccc(Br)cc2)CC1. The van der Waals surface area contributed by atoms with Crippen LogP contribution in [-0.4, -0.2) is 31.2 Å². The maximum absolute atomic E-state index is 11.8. The first-order valence-electron chi connectivity index (χ1n) is 7.57. The molecule has 116 valence electrons. The second-order valence-corrected chi connectivity index (χ2v) is 6.31. The second-order valence-electron chi connectivity index (χ2n) is 5.40. The molecule has 1 aliphatic rings. The number of rotatable bonds is 6. The van der Waals surface area contributed by atoms with Gasteiger partial charge >= 0.3 is 0 Å². The van der Waals surface area contributed by atoms with Crippen molar-refractivity contribution < 1.29 is 9.53 Å². The van der Waals surface area contributed by atoms with Crippen LogP contribution in [0.15, 0.2) is 28.7 Å².